The number of nitriles is 1. The van der Waals surface area contributed by atoms with Gasteiger partial charge in [-0.2, -0.15) is 9.94 Å². The molecular weight excluding hydrogens is 476 g/mol. The van der Waals surface area contributed by atoms with Crippen molar-refractivity contribution in [2.75, 3.05) is 5.75 Å². The van der Waals surface area contributed by atoms with Gasteiger partial charge < -0.3 is 4.57 Å². The average molecular weight is 499 g/mol. The maximum atomic E-state index is 13.4. The number of para-hydroxylation sites is 2. The van der Waals surface area contributed by atoms with Crippen molar-refractivity contribution in [1.29, 1.82) is 5.26 Å². The van der Waals surface area contributed by atoms with Crippen LogP contribution in [0.2, 0.25) is 0 Å². The third-order valence-corrected chi connectivity index (χ3v) is 6.98. The summed E-state index contributed by atoms with van der Waals surface area (Å²) < 4.78 is 6.64. The number of aromatic nitrogens is 7. The van der Waals surface area contributed by atoms with Gasteiger partial charge in [0.2, 0.25) is 5.16 Å². The molecule has 0 amide bonds. The molecular formula is C25H22N8O2S. The molecule has 36 heavy (non-hydrogen) atoms. The molecule has 10 nitrogen and oxygen atoms in total. The summed E-state index contributed by atoms with van der Waals surface area (Å²) in [6, 6.07) is 19.1. The molecule has 5 aromatic rings. The Kier molecular flexibility index (Phi) is 6.26. The van der Waals surface area contributed by atoms with Crippen LogP contribution in [0.4, 0.5) is 0 Å². The van der Waals surface area contributed by atoms with Gasteiger partial charge in [0, 0.05) is 36.3 Å². The molecule has 0 spiro atoms. The number of hydrogen-bond donors (Lipinski definition) is 0. The maximum Gasteiger partial charge on any atom is 0.297 e. The molecule has 0 fully saturated rings. The van der Waals surface area contributed by atoms with Crippen LogP contribution in [0.3, 0.4) is 0 Å². The standard InChI is InChI=1S/C25H22N8O2S/c1-17-23(24(35)33(30(17)2)18-9-4-3-5-10-18)32-25(27-28-29-32)36-16-22(34)20-15-31(14-8-13-26)21-12-7-6-11-19(20)21/h3-7,9-12,15H,8,14,16H2,1-2H3. The van der Waals surface area contributed by atoms with E-state index in [0.717, 1.165) is 16.6 Å². The zero-order chi connectivity index (χ0) is 25.2. The van der Waals surface area contributed by atoms with Crippen LogP contribution in [0, 0.1) is 18.3 Å². The third kappa shape index (κ3) is 4.01. The van der Waals surface area contributed by atoms with E-state index in [1.807, 2.05) is 66.1 Å². The first-order valence-corrected chi connectivity index (χ1v) is 12.2. The summed E-state index contributed by atoms with van der Waals surface area (Å²) in [6.07, 6.45) is 2.15. The lowest BCUT2D eigenvalue weighted by Crippen LogP contribution is -2.22. The van der Waals surface area contributed by atoms with Crippen LogP contribution in [0.5, 0.6) is 0 Å². The quantitative estimate of drug-likeness (QED) is 0.238. The molecule has 2 aromatic carbocycles. The van der Waals surface area contributed by atoms with Crippen molar-refractivity contribution in [3.05, 3.63) is 82.4 Å². The first-order chi connectivity index (χ1) is 17.5. The number of fused-ring (bicyclic) bond motifs is 1. The molecule has 0 radical (unpaired) electrons. The summed E-state index contributed by atoms with van der Waals surface area (Å²) >= 11 is 1.17. The van der Waals surface area contributed by atoms with E-state index < -0.39 is 0 Å². The van der Waals surface area contributed by atoms with E-state index >= 15 is 0 Å². The minimum Gasteiger partial charge on any atom is -0.346 e. The Hall–Kier alpha value is -4.43. The largest absolute Gasteiger partial charge is 0.346 e. The van der Waals surface area contributed by atoms with Gasteiger partial charge in [0.25, 0.3) is 5.56 Å². The maximum absolute atomic E-state index is 13.4. The number of tetrazole rings is 1. The molecule has 5 rings (SSSR count). The van der Waals surface area contributed by atoms with Crippen molar-refractivity contribution in [2.24, 2.45) is 7.05 Å². The normalized spacial score (nSPS) is 11.1. The van der Waals surface area contributed by atoms with Crippen molar-refractivity contribution >= 4 is 28.4 Å². The summed E-state index contributed by atoms with van der Waals surface area (Å²) in [6.45, 7) is 2.34. The smallest absolute Gasteiger partial charge is 0.297 e. The van der Waals surface area contributed by atoms with Crippen LogP contribution in [-0.4, -0.2) is 45.7 Å². The summed E-state index contributed by atoms with van der Waals surface area (Å²) in [5.41, 5.74) is 2.97. The van der Waals surface area contributed by atoms with Gasteiger partial charge in [-0.3, -0.25) is 14.3 Å². The summed E-state index contributed by atoms with van der Waals surface area (Å²) in [5.74, 6) is -0.00119. The number of aryl methyl sites for hydroxylation is 1. The molecule has 0 aliphatic rings. The molecule has 0 saturated carbocycles. The molecule has 0 bridgehead atoms. The van der Waals surface area contributed by atoms with E-state index in [9.17, 15) is 9.59 Å². The molecule has 0 aliphatic heterocycles. The van der Waals surface area contributed by atoms with Crippen LogP contribution in [0.15, 0.2) is 70.7 Å². The first kappa shape index (κ1) is 23.3. The van der Waals surface area contributed by atoms with Gasteiger partial charge in [-0.05, 0) is 35.5 Å². The van der Waals surface area contributed by atoms with Crippen LogP contribution in [0.1, 0.15) is 22.5 Å². The fraction of sp³-hybridized carbons (Fsp3) is 0.200. The van der Waals surface area contributed by atoms with Crippen molar-refractivity contribution in [1.82, 2.24) is 34.1 Å². The van der Waals surface area contributed by atoms with Gasteiger partial charge in [0.1, 0.15) is 0 Å². The van der Waals surface area contributed by atoms with E-state index in [1.54, 1.807) is 22.6 Å². The second-order valence-electron chi connectivity index (χ2n) is 8.16. The van der Waals surface area contributed by atoms with E-state index in [4.69, 9.17) is 5.26 Å². The SMILES string of the molecule is Cc1c(-n2nnnc2SCC(=O)c2cn(CCC#N)c3ccccc23)c(=O)n(-c2ccccc2)n1C. The number of hydrogen-bond acceptors (Lipinski definition) is 7. The predicted octanol–water partition coefficient (Wildman–Crippen LogP) is 3.30. The van der Waals surface area contributed by atoms with Gasteiger partial charge in [-0.1, -0.05) is 48.2 Å². The summed E-state index contributed by atoms with van der Waals surface area (Å²) in [7, 11) is 1.80. The predicted molar refractivity (Wildman–Crippen MR) is 136 cm³/mol. The highest BCUT2D eigenvalue weighted by atomic mass is 32.2. The Morgan fingerprint density at radius 1 is 1.11 bits per heavy atom. The number of Topliss-reactive ketones (excluding diaryl/α,β-unsaturated/α-hetero) is 1. The highest BCUT2D eigenvalue weighted by Gasteiger charge is 2.23. The third-order valence-electron chi connectivity index (χ3n) is 6.06. The van der Waals surface area contributed by atoms with Gasteiger partial charge in [0.15, 0.2) is 11.5 Å². The highest BCUT2D eigenvalue weighted by molar-refractivity contribution is 7.99. The summed E-state index contributed by atoms with van der Waals surface area (Å²) in [4.78, 5) is 26.6. The zero-order valence-corrected chi connectivity index (χ0v) is 20.5. The van der Waals surface area contributed by atoms with E-state index in [0.29, 0.717) is 35.1 Å². The molecule has 3 heterocycles. The molecule has 180 valence electrons. The lowest BCUT2D eigenvalue weighted by atomic mass is 10.1. The average Bonchev–Trinajstić information content (AvgIpc) is 3.57. The number of nitrogens with zero attached hydrogens (tertiary/aromatic N) is 8. The van der Waals surface area contributed by atoms with E-state index in [2.05, 4.69) is 21.6 Å². The topological polar surface area (TPSA) is 116 Å². The second-order valence-corrected chi connectivity index (χ2v) is 9.10. The number of benzene rings is 2. The monoisotopic (exact) mass is 498 g/mol. The van der Waals surface area contributed by atoms with Crippen molar-refractivity contribution in [2.45, 2.75) is 25.0 Å². The van der Waals surface area contributed by atoms with E-state index in [-0.39, 0.29) is 17.1 Å². The highest BCUT2D eigenvalue weighted by Crippen LogP contribution is 2.25. The first-order valence-electron chi connectivity index (χ1n) is 11.2. The number of carbonyl (C=O) groups is 1. The van der Waals surface area contributed by atoms with Crippen molar-refractivity contribution < 1.29 is 4.79 Å². The molecule has 0 unspecified atom stereocenters. The molecule has 0 N–H and O–H groups in total. The van der Waals surface area contributed by atoms with Gasteiger partial charge >= 0.3 is 0 Å². The van der Waals surface area contributed by atoms with E-state index in [1.165, 1.54) is 16.4 Å². The molecule has 3 aromatic heterocycles. The number of thioether (sulfide) groups is 1. The van der Waals surface area contributed by atoms with Gasteiger partial charge in [-0.25, -0.2) is 4.68 Å². The van der Waals surface area contributed by atoms with Gasteiger partial charge in [-0.15, -0.1) is 5.10 Å². The molecule has 11 heteroatoms. The molecule has 0 saturated heterocycles. The Morgan fingerprint density at radius 3 is 2.64 bits per heavy atom. The van der Waals surface area contributed by atoms with Crippen LogP contribution >= 0.6 is 11.8 Å². The lowest BCUT2D eigenvalue weighted by molar-refractivity contribution is 0.102. The minimum atomic E-state index is -0.262. The molecule has 0 atom stereocenters. The summed E-state index contributed by atoms with van der Waals surface area (Å²) in [5, 5.41) is 22.1. The van der Waals surface area contributed by atoms with Gasteiger partial charge in [0.05, 0.1) is 29.6 Å². The minimum absolute atomic E-state index is 0.0887. The zero-order valence-electron chi connectivity index (χ0n) is 19.7. The Balaban J connectivity index is 1.44. The van der Waals surface area contributed by atoms with Crippen molar-refractivity contribution in [3.63, 3.8) is 0 Å². The fourth-order valence-electron chi connectivity index (χ4n) is 4.24. The Morgan fingerprint density at radius 2 is 1.86 bits per heavy atom. The Labute approximate surface area is 210 Å². The van der Waals surface area contributed by atoms with Crippen LogP contribution < -0.4 is 5.56 Å². The van der Waals surface area contributed by atoms with Crippen molar-refractivity contribution in [3.8, 4) is 17.4 Å². The number of carbonyl (C=O) groups excluding carboxylic acids is 1. The van der Waals surface area contributed by atoms with Crippen LogP contribution in [0.25, 0.3) is 22.3 Å². The number of rotatable bonds is 8. The lowest BCUT2D eigenvalue weighted by Gasteiger charge is -2.07. The molecule has 0 aliphatic carbocycles. The Bertz CT molecular complexity index is 1670. The van der Waals surface area contributed by atoms with Crippen LogP contribution in [-0.2, 0) is 13.6 Å². The fourth-order valence-corrected chi connectivity index (χ4v) is 5.00. The number of ketones is 1. The second kappa shape index (κ2) is 9.67.